The van der Waals surface area contributed by atoms with Crippen molar-refractivity contribution in [3.8, 4) is 0 Å². The van der Waals surface area contributed by atoms with Gasteiger partial charge in [-0.05, 0) is 31.9 Å². The number of hydrogen-bond donors (Lipinski definition) is 1. The lowest BCUT2D eigenvalue weighted by atomic mass is 10.0. The summed E-state index contributed by atoms with van der Waals surface area (Å²) in [4.78, 5) is 10.6. The topological polar surface area (TPSA) is 64.4 Å². The second kappa shape index (κ2) is 5.67. The molecule has 2 unspecified atom stereocenters. The number of hydrogen-bond acceptors (Lipinski definition) is 4. The van der Waals surface area contributed by atoms with Crippen LogP contribution in [0, 0.1) is 10.1 Å². The zero-order chi connectivity index (χ0) is 13.1. The summed E-state index contributed by atoms with van der Waals surface area (Å²) in [6.45, 7) is 2.71. The quantitative estimate of drug-likeness (QED) is 0.686. The van der Waals surface area contributed by atoms with Crippen molar-refractivity contribution >= 4 is 27.3 Å². The summed E-state index contributed by atoms with van der Waals surface area (Å²) in [5.74, 6) is 0. The van der Waals surface area contributed by atoms with Gasteiger partial charge < -0.3 is 10.1 Å². The summed E-state index contributed by atoms with van der Waals surface area (Å²) in [6.07, 6.45) is 1.93. The summed E-state index contributed by atoms with van der Waals surface area (Å²) < 4.78 is 6.29. The van der Waals surface area contributed by atoms with Gasteiger partial charge in [-0.3, -0.25) is 10.1 Å². The molecule has 1 aliphatic rings. The van der Waals surface area contributed by atoms with E-state index in [0.717, 1.165) is 17.3 Å². The monoisotopic (exact) mass is 314 g/mol. The van der Waals surface area contributed by atoms with E-state index in [1.807, 2.05) is 6.92 Å². The van der Waals surface area contributed by atoms with Crippen LogP contribution in [-0.2, 0) is 4.74 Å². The van der Waals surface area contributed by atoms with Gasteiger partial charge in [0.1, 0.15) is 5.69 Å². The third-order valence-corrected chi connectivity index (χ3v) is 3.49. The molecule has 0 spiro atoms. The Morgan fingerprint density at radius 1 is 1.56 bits per heavy atom. The molecule has 1 heterocycles. The van der Waals surface area contributed by atoms with Gasteiger partial charge in [-0.25, -0.2) is 0 Å². The fourth-order valence-electron chi connectivity index (χ4n) is 2.13. The van der Waals surface area contributed by atoms with Crippen LogP contribution >= 0.6 is 15.9 Å². The lowest BCUT2D eigenvalue weighted by Crippen LogP contribution is -2.32. The van der Waals surface area contributed by atoms with E-state index in [1.54, 1.807) is 12.1 Å². The van der Waals surface area contributed by atoms with Crippen molar-refractivity contribution in [2.45, 2.75) is 31.9 Å². The molecule has 2 rings (SSSR count). The molecule has 0 amide bonds. The molecule has 5 nitrogen and oxygen atoms in total. The number of anilines is 1. The van der Waals surface area contributed by atoms with Crippen LogP contribution in [0.3, 0.4) is 0 Å². The number of benzene rings is 1. The van der Waals surface area contributed by atoms with Crippen LogP contribution in [0.15, 0.2) is 22.7 Å². The number of ether oxygens (including phenoxy) is 1. The van der Waals surface area contributed by atoms with Crippen LogP contribution in [0.4, 0.5) is 11.4 Å². The molecule has 0 saturated carbocycles. The Morgan fingerprint density at radius 2 is 2.33 bits per heavy atom. The van der Waals surface area contributed by atoms with Crippen LogP contribution < -0.4 is 5.32 Å². The van der Waals surface area contributed by atoms with Gasteiger partial charge in [0.2, 0.25) is 0 Å². The van der Waals surface area contributed by atoms with Gasteiger partial charge in [0, 0.05) is 23.2 Å². The normalized spacial score (nSPS) is 23.7. The SMILES string of the molecule is CC1CC(Nc2cc(Br)ccc2[N+](=O)[O-])CCO1. The van der Waals surface area contributed by atoms with Gasteiger partial charge in [0.15, 0.2) is 0 Å². The van der Waals surface area contributed by atoms with E-state index in [-0.39, 0.29) is 22.8 Å². The van der Waals surface area contributed by atoms with E-state index in [4.69, 9.17) is 4.74 Å². The molecule has 1 N–H and O–H groups in total. The summed E-state index contributed by atoms with van der Waals surface area (Å²) >= 11 is 3.33. The van der Waals surface area contributed by atoms with E-state index in [2.05, 4.69) is 21.2 Å². The molecule has 2 atom stereocenters. The van der Waals surface area contributed by atoms with E-state index < -0.39 is 0 Å². The van der Waals surface area contributed by atoms with Crippen LogP contribution in [0.1, 0.15) is 19.8 Å². The molecule has 0 radical (unpaired) electrons. The van der Waals surface area contributed by atoms with Crippen LogP contribution in [0.25, 0.3) is 0 Å². The van der Waals surface area contributed by atoms with Crippen molar-refractivity contribution < 1.29 is 9.66 Å². The molecule has 0 bridgehead atoms. The Labute approximate surface area is 114 Å². The average Bonchev–Trinajstić information content (AvgIpc) is 2.28. The Bertz CT molecular complexity index is 453. The second-order valence-corrected chi connectivity index (χ2v) is 5.38. The minimum absolute atomic E-state index is 0.109. The molecule has 1 saturated heterocycles. The smallest absolute Gasteiger partial charge is 0.292 e. The third kappa shape index (κ3) is 3.20. The summed E-state index contributed by atoms with van der Waals surface area (Å²) in [6, 6.07) is 5.16. The van der Waals surface area contributed by atoms with Gasteiger partial charge in [-0.2, -0.15) is 0 Å². The predicted molar refractivity (Wildman–Crippen MR) is 72.9 cm³/mol. The molecule has 1 aromatic carbocycles. The van der Waals surface area contributed by atoms with Gasteiger partial charge >= 0.3 is 0 Å². The minimum atomic E-state index is -0.364. The standard InChI is InChI=1S/C12H15BrN2O3/c1-8-6-10(4-5-18-8)14-11-7-9(13)2-3-12(11)15(16)17/h2-3,7-8,10,14H,4-6H2,1H3. The van der Waals surface area contributed by atoms with Gasteiger partial charge in [0.05, 0.1) is 11.0 Å². The van der Waals surface area contributed by atoms with Crippen LogP contribution in [0.2, 0.25) is 0 Å². The van der Waals surface area contributed by atoms with E-state index >= 15 is 0 Å². The van der Waals surface area contributed by atoms with Crippen molar-refractivity contribution in [3.05, 3.63) is 32.8 Å². The van der Waals surface area contributed by atoms with Crippen molar-refractivity contribution in [1.82, 2.24) is 0 Å². The Hall–Kier alpha value is -1.14. The first kappa shape index (κ1) is 13.3. The number of nitro benzene ring substituents is 1. The highest BCUT2D eigenvalue weighted by molar-refractivity contribution is 9.10. The van der Waals surface area contributed by atoms with Crippen molar-refractivity contribution in [2.24, 2.45) is 0 Å². The first-order valence-electron chi connectivity index (χ1n) is 5.88. The van der Waals surface area contributed by atoms with E-state index in [0.29, 0.717) is 12.3 Å². The summed E-state index contributed by atoms with van der Waals surface area (Å²) in [5.41, 5.74) is 0.672. The van der Waals surface area contributed by atoms with Gasteiger partial charge in [0.25, 0.3) is 5.69 Å². The molecule has 1 aromatic rings. The van der Waals surface area contributed by atoms with Crippen LogP contribution in [-0.4, -0.2) is 23.7 Å². The Kier molecular flexibility index (Phi) is 4.19. The number of halogens is 1. The van der Waals surface area contributed by atoms with Crippen molar-refractivity contribution in [1.29, 1.82) is 0 Å². The number of nitrogens with zero attached hydrogens (tertiary/aromatic N) is 1. The average molecular weight is 315 g/mol. The fourth-order valence-corrected chi connectivity index (χ4v) is 2.49. The number of nitro groups is 1. The molecule has 0 aliphatic carbocycles. The zero-order valence-corrected chi connectivity index (χ0v) is 11.6. The lowest BCUT2D eigenvalue weighted by Gasteiger charge is -2.28. The van der Waals surface area contributed by atoms with Crippen LogP contribution in [0.5, 0.6) is 0 Å². The first-order chi connectivity index (χ1) is 8.56. The second-order valence-electron chi connectivity index (χ2n) is 4.47. The highest BCUT2D eigenvalue weighted by Crippen LogP contribution is 2.30. The largest absolute Gasteiger partial charge is 0.378 e. The van der Waals surface area contributed by atoms with Crippen molar-refractivity contribution in [2.75, 3.05) is 11.9 Å². The minimum Gasteiger partial charge on any atom is -0.378 e. The van der Waals surface area contributed by atoms with Gasteiger partial charge in [-0.15, -0.1) is 0 Å². The molecule has 1 fully saturated rings. The molecule has 1 aliphatic heterocycles. The zero-order valence-electron chi connectivity index (χ0n) is 10.1. The van der Waals surface area contributed by atoms with Gasteiger partial charge in [-0.1, -0.05) is 15.9 Å². The molecule has 0 aromatic heterocycles. The maximum absolute atomic E-state index is 11.0. The number of nitrogens with one attached hydrogen (secondary N) is 1. The molecular formula is C12H15BrN2O3. The summed E-state index contributed by atoms with van der Waals surface area (Å²) in [7, 11) is 0. The molecule has 18 heavy (non-hydrogen) atoms. The maximum Gasteiger partial charge on any atom is 0.292 e. The van der Waals surface area contributed by atoms with E-state index in [9.17, 15) is 10.1 Å². The highest BCUT2D eigenvalue weighted by Gasteiger charge is 2.22. The maximum atomic E-state index is 11.0. The summed E-state index contributed by atoms with van der Waals surface area (Å²) in [5, 5.41) is 14.2. The highest BCUT2D eigenvalue weighted by atomic mass is 79.9. The Balaban J connectivity index is 2.16. The fraction of sp³-hybridized carbons (Fsp3) is 0.500. The number of rotatable bonds is 3. The van der Waals surface area contributed by atoms with E-state index in [1.165, 1.54) is 6.07 Å². The predicted octanol–water partition coefficient (Wildman–Crippen LogP) is 3.34. The molecular weight excluding hydrogens is 300 g/mol. The third-order valence-electron chi connectivity index (χ3n) is 3.00. The first-order valence-corrected chi connectivity index (χ1v) is 6.67. The van der Waals surface area contributed by atoms with Crippen molar-refractivity contribution in [3.63, 3.8) is 0 Å². The lowest BCUT2D eigenvalue weighted by molar-refractivity contribution is -0.384. The Morgan fingerprint density at radius 3 is 3.00 bits per heavy atom. The molecule has 6 heteroatoms. The molecule has 98 valence electrons.